The molecule has 0 heterocycles. The van der Waals surface area contributed by atoms with Gasteiger partial charge in [-0.2, -0.15) is 0 Å². The van der Waals surface area contributed by atoms with E-state index in [1.54, 1.807) is 0 Å². The van der Waals surface area contributed by atoms with Gasteiger partial charge in [-0.3, -0.25) is 0 Å². The molecule has 4 aromatic carbocycles. The Morgan fingerprint density at radius 2 is 0.718 bits per heavy atom. The van der Waals surface area contributed by atoms with Gasteiger partial charge in [0.05, 0.1) is 11.4 Å². The molecule has 0 N–H and O–H groups in total. The van der Waals surface area contributed by atoms with Crippen LogP contribution in [0.5, 0.6) is 0 Å². The Labute approximate surface area is 260 Å². The number of thioether (sulfide) groups is 2. The molecule has 0 saturated heterocycles. The molecule has 0 bridgehead atoms. The molecule has 4 rings (SSSR count). The topological polar surface area (TPSA) is 52.9 Å². The Kier molecular flexibility index (Phi) is 15.4. The van der Waals surface area contributed by atoms with Crippen LogP contribution in [0.2, 0.25) is 0 Å². The van der Waals surface area contributed by atoms with Gasteiger partial charge in [0.25, 0.3) is 0 Å². The van der Waals surface area contributed by atoms with Gasteiger partial charge in [0, 0.05) is 17.1 Å². The van der Waals surface area contributed by atoms with Crippen LogP contribution in [0.1, 0.15) is 22.3 Å². The van der Waals surface area contributed by atoms with E-state index in [1.807, 2.05) is 134 Å². The fourth-order valence-corrected chi connectivity index (χ4v) is 3.55. The summed E-state index contributed by atoms with van der Waals surface area (Å²) in [5.74, 6) is 0. The van der Waals surface area contributed by atoms with E-state index in [2.05, 4.69) is 45.5 Å². The molecule has 4 nitrogen and oxygen atoms in total. The van der Waals surface area contributed by atoms with Crippen molar-refractivity contribution >= 4 is 68.0 Å². The minimum absolute atomic E-state index is 0. The minimum atomic E-state index is 0. The summed E-state index contributed by atoms with van der Waals surface area (Å²) in [5.41, 5.74) is 14.1. The number of hydrogen-bond acceptors (Lipinski definition) is 4. The zero-order valence-electron chi connectivity index (χ0n) is 21.3. The van der Waals surface area contributed by atoms with E-state index in [-0.39, 0.29) is 17.1 Å². The fourth-order valence-electron chi connectivity index (χ4n) is 3.22. The second-order valence-electron chi connectivity index (χ2n) is 7.53. The monoisotopic (exact) mass is 635 g/mol. The molecule has 9 heteroatoms. The standard InChI is InChI=1S/2C15H14N2S2.Cu/c2*1-19-15(18)17-16-14(12-8-4-2-5-9-12)13-10-6-3-7-11-13;/h2*2-11H,1H3,(H,17,18);. The normalized spacial score (nSPS) is 9.49. The third kappa shape index (κ3) is 11.1. The van der Waals surface area contributed by atoms with Crippen LogP contribution < -0.4 is 0 Å². The minimum Gasteiger partial charge on any atom is -0.519 e. The van der Waals surface area contributed by atoms with Crippen LogP contribution in [0.3, 0.4) is 0 Å². The second kappa shape index (κ2) is 18.5. The van der Waals surface area contributed by atoms with Crippen LogP contribution in [0.4, 0.5) is 0 Å². The summed E-state index contributed by atoms with van der Waals surface area (Å²) in [6.07, 6.45) is 3.85. The predicted octanol–water partition coefficient (Wildman–Crippen LogP) is 7.08. The maximum absolute atomic E-state index is 4.34. The molecular weight excluding hydrogens is 608 g/mol. The van der Waals surface area contributed by atoms with Crippen molar-refractivity contribution in [3.8, 4) is 0 Å². The van der Waals surface area contributed by atoms with Gasteiger partial charge < -0.3 is 21.1 Å². The SMILES string of the molecule is CSC(=[SH+])[N-]N=C(c1ccccc1)c1ccccc1.CSC(=[SH+])[N-]N=C(c1ccccc1)c1ccccc1.[Cu]. The molecule has 0 aliphatic carbocycles. The number of benzene rings is 4. The average molecular weight is 636 g/mol. The molecule has 39 heavy (non-hydrogen) atoms. The third-order valence-corrected chi connectivity index (χ3v) is 7.19. The van der Waals surface area contributed by atoms with Gasteiger partial charge >= 0.3 is 0 Å². The molecule has 0 fully saturated rings. The van der Waals surface area contributed by atoms with Crippen molar-refractivity contribution in [3.05, 3.63) is 154 Å². The summed E-state index contributed by atoms with van der Waals surface area (Å²) in [4.78, 5) is 0. The van der Waals surface area contributed by atoms with Gasteiger partial charge in [-0.1, -0.05) is 145 Å². The van der Waals surface area contributed by atoms with Crippen LogP contribution in [-0.4, -0.2) is 32.6 Å². The maximum atomic E-state index is 4.34. The first kappa shape index (κ1) is 32.4. The van der Waals surface area contributed by atoms with E-state index >= 15 is 0 Å². The first-order valence-corrected chi connectivity index (χ1v) is 15.0. The Morgan fingerprint density at radius 3 is 0.923 bits per heavy atom. The largest absolute Gasteiger partial charge is 0.519 e. The Bertz CT molecular complexity index is 1160. The number of rotatable bonds is 6. The van der Waals surface area contributed by atoms with Crippen LogP contribution >= 0.6 is 23.5 Å². The Morgan fingerprint density at radius 1 is 0.487 bits per heavy atom. The summed E-state index contributed by atoms with van der Waals surface area (Å²) < 4.78 is 1.29. The summed E-state index contributed by atoms with van der Waals surface area (Å²) in [7, 11) is 0. The van der Waals surface area contributed by atoms with Crippen LogP contribution in [0, 0.1) is 0 Å². The summed E-state index contributed by atoms with van der Waals surface area (Å²) in [6, 6.07) is 40.1. The van der Waals surface area contributed by atoms with Gasteiger partial charge in [-0.05, 0) is 34.8 Å². The molecule has 203 valence electrons. The summed E-state index contributed by atoms with van der Waals surface area (Å²) in [5, 5.41) is 8.68. The Balaban J connectivity index is 0.000000267. The molecule has 0 saturated carbocycles. The van der Waals surface area contributed by atoms with Crippen LogP contribution in [0.15, 0.2) is 132 Å². The molecule has 0 aliphatic rings. The average Bonchev–Trinajstić information content (AvgIpc) is 2.99. The molecular formula is C30H28CuN4S4. The van der Waals surface area contributed by atoms with E-state index in [0.29, 0.717) is 8.64 Å². The van der Waals surface area contributed by atoms with Gasteiger partial charge in [0.2, 0.25) is 0 Å². The molecule has 0 aromatic heterocycles. The van der Waals surface area contributed by atoms with Crippen molar-refractivity contribution in [2.75, 3.05) is 12.5 Å². The summed E-state index contributed by atoms with van der Waals surface area (Å²) >= 11 is 11.4. The van der Waals surface area contributed by atoms with Gasteiger partial charge in [0.1, 0.15) is 0 Å². The molecule has 4 aromatic rings. The molecule has 0 unspecified atom stereocenters. The molecule has 0 amide bonds. The smallest absolute Gasteiger partial charge is 0.174 e. The predicted molar refractivity (Wildman–Crippen MR) is 178 cm³/mol. The first-order valence-electron chi connectivity index (χ1n) is 11.6. The molecule has 1 radical (unpaired) electrons. The van der Waals surface area contributed by atoms with Crippen molar-refractivity contribution in [1.29, 1.82) is 0 Å². The zero-order valence-corrected chi connectivity index (χ0v) is 25.7. The van der Waals surface area contributed by atoms with Gasteiger partial charge in [-0.25, -0.2) is 0 Å². The Hall–Kier alpha value is -2.78. The van der Waals surface area contributed by atoms with E-state index in [4.69, 9.17) is 0 Å². The molecule has 0 atom stereocenters. The number of thiol groups is 2. The van der Waals surface area contributed by atoms with Crippen molar-refractivity contribution in [2.24, 2.45) is 10.2 Å². The van der Waals surface area contributed by atoms with Crippen LogP contribution in [-0.2, 0) is 41.5 Å². The van der Waals surface area contributed by atoms with Gasteiger partial charge in [0.15, 0.2) is 33.1 Å². The van der Waals surface area contributed by atoms with Crippen molar-refractivity contribution in [3.63, 3.8) is 0 Å². The number of nitrogens with zero attached hydrogens (tertiary/aromatic N) is 4. The van der Waals surface area contributed by atoms with E-state index in [1.165, 1.54) is 23.5 Å². The van der Waals surface area contributed by atoms with E-state index in [9.17, 15) is 0 Å². The fraction of sp³-hybridized carbons (Fsp3) is 0.0667. The quantitative estimate of drug-likeness (QED) is 0.0568. The number of hydrogen-bond donors (Lipinski definition) is 0. The summed E-state index contributed by atoms with van der Waals surface area (Å²) in [6.45, 7) is 0. The van der Waals surface area contributed by atoms with Gasteiger partial charge in [-0.15, -0.1) is 0 Å². The maximum Gasteiger partial charge on any atom is 0.174 e. The van der Waals surface area contributed by atoms with Crippen molar-refractivity contribution in [1.82, 2.24) is 0 Å². The molecule has 0 aliphatic heterocycles. The second-order valence-corrected chi connectivity index (χ2v) is 10.6. The first-order chi connectivity index (χ1) is 18.6. The van der Waals surface area contributed by atoms with E-state index in [0.717, 1.165) is 33.7 Å². The molecule has 0 spiro atoms. The van der Waals surface area contributed by atoms with Crippen molar-refractivity contribution < 1.29 is 17.1 Å². The van der Waals surface area contributed by atoms with E-state index < -0.39 is 0 Å². The van der Waals surface area contributed by atoms with Crippen molar-refractivity contribution in [2.45, 2.75) is 0 Å². The third-order valence-electron chi connectivity index (χ3n) is 5.03. The zero-order chi connectivity index (χ0) is 27.0. The van der Waals surface area contributed by atoms with Crippen LogP contribution in [0.25, 0.3) is 10.9 Å².